The fraction of sp³-hybridized carbons (Fsp3) is 0.824. The molecule has 244 valence electrons. The second-order valence-corrected chi connectivity index (χ2v) is 12.3. The van der Waals surface area contributed by atoms with Crippen LogP contribution in [0.25, 0.3) is 0 Å². The highest BCUT2D eigenvalue weighted by atomic mass is 16.5. The van der Waals surface area contributed by atoms with Crippen LogP contribution in [0, 0.1) is 11.8 Å². The van der Waals surface area contributed by atoms with Crippen LogP contribution in [0.3, 0.4) is 0 Å². The molecule has 0 saturated heterocycles. The van der Waals surface area contributed by atoms with Gasteiger partial charge in [-0.3, -0.25) is 9.59 Å². The van der Waals surface area contributed by atoms with Crippen molar-refractivity contribution in [3.05, 3.63) is 12.2 Å². The standard InChI is InChI=1S/C34H61NO7/c1-6-7-8-9-10-11-12-13-14-15-16-17-18-19-20-21-24-35(31(36)22-23-32(37)38)30(34(40)42-27-29(4)5)25-33(39)41-26-28(2)3/h22-23,28-30H,6-21,24-27H2,1-5H3,(H,37,38)/b23-22-/t30-/m0/s1. The van der Waals surface area contributed by atoms with Crippen molar-refractivity contribution in [3.8, 4) is 0 Å². The molecule has 0 aliphatic rings. The van der Waals surface area contributed by atoms with E-state index in [9.17, 15) is 19.2 Å². The number of carbonyl (C=O) groups excluding carboxylic acids is 3. The van der Waals surface area contributed by atoms with E-state index < -0.39 is 29.9 Å². The number of amides is 1. The van der Waals surface area contributed by atoms with Crippen molar-refractivity contribution in [1.82, 2.24) is 4.90 Å². The van der Waals surface area contributed by atoms with Crippen molar-refractivity contribution in [2.75, 3.05) is 19.8 Å². The van der Waals surface area contributed by atoms with Crippen LogP contribution in [0.2, 0.25) is 0 Å². The van der Waals surface area contributed by atoms with Crippen molar-refractivity contribution < 1.29 is 33.8 Å². The van der Waals surface area contributed by atoms with Gasteiger partial charge in [0, 0.05) is 18.7 Å². The molecule has 0 spiro atoms. The second kappa shape index (κ2) is 26.3. The summed E-state index contributed by atoms with van der Waals surface area (Å²) in [6.45, 7) is 10.4. The van der Waals surface area contributed by atoms with Crippen LogP contribution in [0.5, 0.6) is 0 Å². The molecule has 42 heavy (non-hydrogen) atoms. The Kier molecular flexibility index (Phi) is 24.8. The monoisotopic (exact) mass is 595 g/mol. The fourth-order valence-electron chi connectivity index (χ4n) is 4.63. The summed E-state index contributed by atoms with van der Waals surface area (Å²) in [6, 6.07) is -1.18. The average molecular weight is 596 g/mol. The van der Waals surface area contributed by atoms with Gasteiger partial charge >= 0.3 is 17.9 Å². The van der Waals surface area contributed by atoms with Crippen molar-refractivity contribution in [1.29, 1.82) is 0 Å². The number of carboxylic acid groups (broad SMARTS) is 1. The molecule has 0 radical (unpaired) electrons. The molecule has 0 bridgehead atoms. The summed E-state index contributed by atoms with van der Waals surface area (Å²) in [7, 11) is 0. The first-order valence-electron chi connectivity index (χ1n) is 16.6. The molecule has 0 aliphatic heterocycles. The summed E-state index contributed by atoms with van der Waals surface area (Å²) < 4.78 is 10.7. The number of carbonyl (C=O) groups is 4. The lowest BCUT2D eigenvalue weighted by molar-refractivity contribution is -0.160. The van der Waals surface area contributed by atoms with E-state index in [0.717, 1.165) is 31.4 Å². The van der Waals surface area contributed by atoms with Crippen LogP contribution in [0.15, 0.2) is 12.2 Å². The Balaban J connectivity index is 4.76. The van der Waals surface area contributed by atoms with E-state index in [0.29, 0.717) is 6.42 Å². The lowest BCUT2D eigenvalue weighted by Gasteiger charge is -2.29. The first kappa shape index (κ1) is 39.6. The number of unbranched alkanes of at least 4 members (excludes halogenated alkanes) is 15. The van der Waals surface area contributed by atoms with Crippen molar-refractivity contribution >= 4 is 23.8 Å². The molecule has 0 aromatic heterocycles. The summed E-state index contributed by atoms with van der Waals surface area (Å²) >= 11 is 0. The van der Waals surface area contributed by atoms with Gasteiger partial charge in [-0.1, -0.05) is 131 Å². The summed E-state index contributed by atoms with van der Waals surface area (Å²) in [6.07, 6.45) is 20.8. The van der Waals surface area contributed by atoms with E-state index in [4.69, 9.17) is 14.6 Å². The molecule has 1 atom stereocenters. The highest BCUT2D eigenvalue weighted by Crippen LogP contribution is 2.16. The van der Waals surface area contributed by atoms with E-state index in [-0.39, 0.29) is 38.0 Å². The Bertz CT molecular complexity index is 763. The lowest BCUT2D eigenvalue weighted by atomic mass is 10.0. The van der Waals surface area contributed by atoms with Crippen LogP contribution in [-0.2, 0) is 28.7 Å². The SMILES string of the molecule is CCCCCCCCCCCCCCCCCCN(C(=O)/C=C\C(=O)O)[C@@H](CC(=O)OCC(C)C)C(=O)OCC(C)C. The molecule has 0 heterocycles. The van der Waals surface area contributed by atoms with Gasteiger partial charge in [-0.15, -0.1) is 0 Å². The molecule has 8 nitrogen and oxygen atoms in total. The minimum atomic E-state index is -1.26. The number of hydrogen-bond acceptors (Lipinski definition) is 6. The normalized spacial score (nSPS) is 12.2. The quantitative estimate of drug-likeness (QED) is 0.0584. The minimum absolute atomic E-state index is 0.0823. The lowest BCUT2D eigenvalue weighted by Crippen LogP contribution is -2.47. The Morgan fingerprint density at radius 2 is 1.07 bits per heavy atom. The molecule has 0 aromatic carbocycles. The van der Waals surface area contributed by atoms with Crippen LogP contribution in [0.1, 0.15) is 144 Å². The van der Waals surface area contributed by atoms with Gasteiger partial charge in [0.15, 0.2) is 0 Å². The first-order valence-corrected chi connectivity index (χ1v) is 16.6. The molecule has 8 heteroatoms. The molecule has 1 amide bonds. The van der Waals surface area contributed by atoms with Gasteiger partial charge in [-0.25, -0.2) is 9.59 Å². The minimum Gasteiger partial charge on any atom is -0.478 e. The highest BCUT2D eigenvalue weighted by molar-refractivity contribution is 5.96. The maximum absolute atomic E-state index is 13.0. The summed E-state index contributed by atoms with van der Waals surface area (Å²) in [5, 5.41) is 9.01. The topological polar surface area (TPSA) is 110 Å². The number of nitrogens with zero attached hydrogens (tertiary/aromatic N) is 1. The molecular weight excluding hydrogens is 534 g/mol. The Labute approximate surface area is 256 Å². The number of esters is 2. The van der Waals surface area contributed by atoms with Gasteiger partial charge in [0.1, 0.15) is 6.04 Å². The van der Waals surface area contributed by atoms with Gasteiger partial charge < -0.3 is 19.5 Å². The third-order valence-electron chi connectivity index (χ3n) is 7.05. The van der Waals surface area contributed by atoms with Gasteiger partial charge in [0.2, 0.25) is 5.91 Å². The summed E-state index contributed by atoms with van der Waals surface area (Å²) in [5.74, 6) is -2.97. The molecule has 0 aromatic rings. The van der Waals surface area contributed by atoms with Gasteiger partial charge in [-0.2, -0.15) is 0 Å². The van der Waals surface area contributed by atoms with E-state index in [2.05, 4.69) is 6.92 Å². The van der Waals surface area contributed by atoms with E-state index in [1.54, 1.807) is 0 Å². The highest BCUT2D eigenvalue weighted by Gasteiger charge is 2.33. The van der Waals surface area contributed by atoms with E-state index >= 15 is 0 Å². The van der Waals surface area contributed by atoms with Crippen molar-refractivity contribution in [2.24, 2.45) is 11.8 Å². The second-order valence-electron chi connectivity index (χ2n) is 12.3. The molecule has 0 unspecified atom stereocenters. The molecule has 0 aliphatic carbocycles. The maximum atomic E-state index is 13.0. The molecular formula is C34H61NO7. The molecule has 0 saturated carbocycles. The van der Waals surface area contributed by atoms with E-state index in [1.165, 1.54) is 81.9 Å². The predicted octanol–water partition coefficient (Wildman–Crippen LogP) is 7.87. The van der Waals surface area contributed by atoms with Crippen LogP contribution < -0.4 is 0 Å². The zero-order chi connectivity index (χ0) is 31.6. The van der Waals surface area contributed by atoms with Gasteiger partial charge in [0.25, 0.3) is 0 Å². The summed E-state index contributed by atoms with van der Waals surface area (Å²) in [5.41, 5.74) is 0. The zero-order valence-electron chi connectivity index (χ0n) is 27.4. The van der Waals surface area contributed by atoms with Crippen LogP contribution in [-0.4, -0.2) is 59.6 Å². The third-order valence-corrected chi connectivity index (χ3v) is 7.05. The Hall–Kier alpha value is -2.38. The molecule has 1 N–H and O–H groups in total. The smallest absolute Gasteiger partial charge is 0.329 e. The van der Waals surface area contributed by atoms with Crippen molar-refractivity contribution in [2.45, 2.75) is 150 Å². The van der Waals surface area contributed by atoms with Crippen molar-refractivity contribution in [3.63, 3.8) is 0 Å². The molecule has 0 fully saturated rings. The molecule has 0 rings (SSSR count). The number of hydrogen-bond donors (Lipinski definition) is 1. The zero-order valence-corrected chi connectivity index (χ0v) is 27.4. The Morgan fingerprint density at radius 1 is 0.643 bits per heavy atom. The number of rotatable bonds is 27. The van der Waals surface area contributed by atoms with Gasteiger partial charge in [0.05, 0.1) is 19.6 Å². The first-order chi connectivity index (χ1) is 20.1. The number of aliphatic carboxylic acids is 1. The average Bonchev–Trinajstić information content (AvgIpc) is 2.94. The number of ether oxygens (including phenoxy) is 2. The largest absolute Gasteiger partial charge is 0.478 e. The fourth-order valence-corrected chi connectivity index (χ4v) is 4.63. The predicted molar refractivity (Wildman–Crippen MR) is 168 cm³/mol. The maximum Gasteiger partial charge on any atom is 0.329 e. The number of carboxylic acids is 1. The summed E-state index contributed by atoms with van der Waals surface area (Å²) in [4.78, 5) is 50.8. The van der Waals surface area contributed by atoms with Crippen LogP contribution >= 0.6 is 0 Å². The third kappa shape index (κ3) is 23.2. The van der Waals surface area contributed by atoms with E-state index in [1.807, 2.05) is 27.7 Å². The van der Waals surface area contributed by atoms with Gasteiger partial charge in [-0.05, 0) is 18.3 Å². The Morgan fingerprint density at radius 3 is 1.50 bits per heavy atom. The van der Waals surface area contributed by atoms with Crippen LogP contribution in [0.4, 0.5) is 0 Å².